The van der Waals surface area contributed by atoms with E-state index in [4.69, 9.17) is 17.3 Å². The van der Waals surface area contributed by atoms with Gasteiger partial charge in [-0.1, -0.05) is 30.7 Å². The maximum atomic E-state index is 13.4. The van der Waals surface area contributed by atoms with Crippen molar-refractivity contribution in [3.63, 3.8) is 0 Å². The van der Waals surface area contributed by atoms with Crippen LogP contribution in [-0.2, 0) is 6.54 Å². The molecule has 0 saturated carbocycles. The highest BCUT2D eigenvalue weighted by Crippen LogP contribution is 2.27. The minimum Gasteiger partial charge on any atom is -0.333 e. The van der Waals surface area contributed by atoms with Crippen LogP contribution in [0.25, 0.3) is 0 Å². The molecule has 2 rings (SSSR count). The van der Waals surface area contributed by atoms with Crippen LogP contribution in [0, 0.1) is 5.82 Å². The number of hydrogen-bond acceptors (Lipinski definition) is 2. The molecule has 1 atom stereocenters. The van der Waals surface area contributed by atoms with E-state index < -0.39 is 11.9 Å². The largest absolute Gasteiger partial charge is 0.333 e. The Labute approximate surface area is 110 Å². The minimum atomic E-state index is -0.519. The fourth-order valence-corrected chi connectivity index (χ4v) is 2.17. The molecule has 5 heteroatoms. The Morgan fingerprint density at radius 3 is 3.00 bits per heavy atom. The van der Waals surface area contributed by atoms with E-state index in [-0.39, 0.29) is 5.02 Å². The van der Waals surface area contributed by atoms with Crippen molar-refractivity contribution in [1.82, 2.24) is 9.55 Å². The third-order valence-electron chi connectivity index (χ3n) is 2.81. The van der Waals surface area contributed by atoms with Crippen molar-refractivity contribution in [2.75, 3.05) is 0 Å². The van der Waals surface area contributed by atoms with Crippen LogP contribution in [0.1, 0.15) is 30.8 Å². The molecule has 0 aliphatic heterocycles. The van der Waals surface area contributed by atoms with E-state index >= 15 is 0 Å². The summed E-state index contributed by atoms with van der Waals surface area (Å²) in [5.74, 6) is 0.238. The Bertz CT molecular complexity index is 539. The zero-order valence-electron chi connectivity index (χ0n) is 10.1. The van der Waals surface area contributed by atoms with Crippen molar-refractivity contribution in [1.29, 1.82) is 0 Å². The van der Waals surface area contributed by atoms with Gasteiger partial charge in [-0.3, -0.25) is 0 Å². The summed E-state index contributed by atoms with van der Waals surface area (Å²) >= 11 is 5.94. The summed E-state index contributed by atoms with van der Waals surface area (Å²) in [6, 6.07) is 4.12. The molecule has 0 spiro atoms. The highest BCUT2D eigenvalue weighted by molar-refractivity contribution is 6.31. The lowest BCUT2D eigenvalue weighted by Gasteiger charge is -2.15. The minimum absolute atomic E-state index is 0.0658. The summed E-state index contributed by atoms with van der Waals surface area (Å²) < 4.78 is 15.4. The predicted molar refractivity (Wildman–Crippen MR) is 70.0 cm³/mol. The molecular formula is C13H15ClFN3. The Morgan fingerprint density at radius 1 is 1.50 bits per heavy atom. The standard InChI is InChI=1S/C13H15ClFN3/c1-2-7-18-8-6-17-13(18)12(16)9-4-3-5-10(15)11(9)14/h3-6,8,12H,2,7,16H2,1H3. The van der Waals surface area contributed by atoms with Crippen LogP contribution in [-0.4, -0.2) is 9.55 Å². The summed E-state index contributed by atoms with van der Waals surface area (Å²) in [6.45, 7) is 2.90. The second-order valence-corrected chi connectivity index (χ2v) is 4.48. The lowest BCUT2D eigenvalue weighted by molar-refractivity contribution is 0.603. The highest BCUT2D eigenvalue weighted by atomic mass is 35.5. The number of aryl methyl sites for hydroxylation is 1. The normalized spacial score (nSPS) is 12.7. The molecule has 0 bridgehead atoms. The van der Waals surface area contributed by atoms with Gasteiger partial charge in [0.15, 0.2) is 0 Å². The highest BCUT2D eigenvalue weighted by Gasteiger charge is 2.18. The zero-order valence-corrected chi connectivity index (χ0v) is 10.9. The van der Waals surface area contributed by atoms with Gasteiger partial charge in [-0.15, -0.1) is 0 Å². The van der Waals surface area contributed by atoms with Gasteiger partial charge in [0.2, 0.25) is 0 Å². The molecule has 2 N–H and O–H groups in total. The first kappa shape index (κ1) is 13.1. The van der Waals surface area contributed by atoms with E-state index in [9.17, 15) is 4.39 Å². The smallest absolute Gasteiger partial charge is 0.142 e. The van der Waals surface area contributed by atoms with E-state index in [1.807, 2.05) is 10.8 Å². The summed E-state index contributed by atoms with van der Waals surface area (Å²) in [6.07, 6.45) is 4.54. The van der Waals surface area contributed by atoms with E-state index in [1.54, 1.807) is 18.3 Å². The van der Waals surface area contributed by atoms with Crippen LogP contribution in [0.4, 0.5) is 4.39 Å². The Kier molecular flexibility index (Phi) is 3.99. The lowest BCUT2D eigenvalue weighted by Crippen LogP contribution is -2.18. The molecule has 0 aliphatic rings. The van der Waals surface area contributed by atoms with Gasteiger partial charge in [0.1, 0.15) is 11.6 Å². The Hall–Kier alpha value is -1.39. The summed E-state index contributed by atoms with van der Waals surface area (Å²) in [5, 5.41) is 0.0658. The van der Waals surface area contributed by atoms with Crippen molar-refractivity contribution in [2.24, 2.45) is 5.73 Å². The second kappa shape index (κ2) is 5.50. The molecule has 3 nitrogen and oxygen atoms in total. The summed E-state index contributed by atoms with van der Waals surface area (Å²) in [7, 11) is 0. The first-order valence-electron chi connectivity index (χ1n) is 5.85. The molecule has 0 radical (unpaired) electrons. The van der Waals surface area contributed by atoms with E-state index in [2.05, 4.69) is 11.9 Å². The monoisotopic (exact) mass is 267 g/mol. The molecule has 2 aromatic rings. The van der Waals surface area contributed by atoms with Crippen molar-refractivity contribution >= 4 is 11.6 Å². The summed E-state index contributed by atoms with van der Waals surface area (Å²) in [5.41, 5.74) is 6.68. The lowest BCUT2D eigenvalue weighted by atomic mass is 10.1. The fourth-order valence-electron chi connectivity index (χ4n) is 1.93. The van der Waals surface area contributed by atoms with Crippen molar-refractivity contribution in [3.05, 3.63) is 52.8 Å². The molecule has 0 saturated heterocycles. The van der Waals surface area contributed by atoms with Crippen molar-refractivity contribution in [3.8, 4) is 0 Å². The second-order valence-electron chi connectivity index (χ2n) is 4.10. The van der Waals surface area contributed by atoms with Crippen molar-refractivity contribution < 1.29 is 4.39 Å². The molecule has 96 valence electrons. The number of nitrogens with zero attached hydrogens (tertiary/aromatic N) is 2. The molecule has 0 aliphatic carbocycles. The zero-order chi connectivity index (χ0) is 13.1. The van der Waals surface area contributed by atoms with Gasteiger partial charge < -0.3 is 10.3 Å². The molecule has 1 heterocycles. The number of nitrogens with two attached hydrogens (primary N) is 1. The van der Waals surface area contributed by atoms with Crippen molar-refractivity contribution in [2.45, 2.75) is 25.9 Å². The van der Waals surface area contributed by atoms with Crippen LogP contribution >= 0.6 is 11.6 Å². The average molecular weight is 268 g/mol. The molecule has 1 aromatic heterocycles. The number of aromatic nitrogens is 2. The molecule has 0 fully saturated rings. The average Bonchev–Trinajstić information content (AvgIpc) is 2.80. The third-order valence-corrected chi connectivity index (χ3v) is 3.21. The number of halogens is 2. The fraction of sp³-hybridized carbons (Fsp3) is 0.308. The molecule has 1 unspecified atom stereocenters. The number of benzene rings is 1. The molecule has 0 amide bonds. The Morgan fingerprint density at radius 2 is 2.28 bits per heavy atom. The predicted octanol–water partition coefficient (Wildman–Crippen LogP) is 3.13. The molecular weight excluding hydrogens is 253 g/mol. The summed E-state index contributed by atoms with van der Waals surface area (Å²) in [4.78, 5) is 4.24. The van der Waals surface area contributed by atoms with Gasteiger partial charge in [-0.2, -0.15) is 0 Å². The first-order chi connectivity index (χ1) is 8.65. The SMILES string of the molecule is CCCn1ccnc1C(N)c1cccc(F)c1Cl. The first-order valence-corrected chi connectivity index (χ1v) is 6.23. The van der Waals surface area contributed by atoms with Gasteiger partial charge in [-0.25, -0.2) is 9.37 Å². The van der Waals surface area contributed by atoms with Crippen LogP contribution in [0.3, 0.4) is 0 Å². The van der Waals surface area contributed by atoms with Gasteiger partial charge in [0.05, 0.1) is 11.1 Å². The van der Waals surface area contributed by atoms with E-state index in [0.717, 1.165) is 13.0 Å². The van der Waals surface area contributed by atoms with Gasteiger partial charge in [-0.05, 0) is 18.1 Å². The number of rotatable bonds is 4. The van der Waals surface area contributed by atoms with Crippen LogP contribution in [0.2, 0.25) is 5.02 Å². The van der Waals surface area contributed by atoms with E-state index in [1.165, 1.54) is 6.07 Å². The van der Waals surface area contributed by atoms with Crippen LogP contribution in [0.5, 0.6) is 0 Å². The maximum Gasteiger partial charge on any atom is 0.142 e. The third kappa shape index (κ3) is 2.40. The van der Waals surface area contributed by atoms with Crippen LogP contribution in [0.15, 0.2) is 30.6 Å². The van der Waals surface area contributed by atoms with Crippen LogP contribution < -0.4 is 5.73 Å². The Balaban J connectivity index is 2.38. The van der Waals surface area contributed by atoms with Gasteiger partial charge >= 0.3 is 0 Å². The maximum absolute atomic E-state index is 13.4. The van der Waals surface area contributed by atoms with Gasteiger partial charge in [0.25, 0.3) is 0 Å². The number of hydrogen-bond donors (Lipinski definition) is 1. The quantitative estimate of drug-likeness (QED) is 0.925. The van der Waals surface area contributed by atoms with E-state index in [0.29, 0.717) is 11.4 Å². The molecule has 1 aromatic carbocycles. The van der Waals surface area contributed by atoms with Gasteiger partial charge in [0, 0.05) is 18.9 Å². The topological polar surface area (TPSA) is 43.8 Å². The molecule has 18 heavy (non-hydrogen) atoms. The number of imidazole rings is 1.